The Bertz CT molecular complexity index is 737. The number of carbonyl (C=O) groups is 3. The van der Waals surface area contributed by atoms with Crippen LogP contribution in [0.25, 0.3) is 0 Å². The van der Waals surface area contributed by atoms with Gasteiger partial charge in [-0.05, 0) is 48.4 Å². The standard InChI is InChI=1S/C19H19NO5/c1-2-17(25-16-9-5-14(12-21)6-10-16)19(24)20-15-7-3-13(4-8-15)11-18(22)23/h3-10,12,17H,2,11H2,1H3,(H,20,24)(H,22,23). The predicted octanol–water partition coefficient (Wildman–Crippen LogP) is 2.92. The maximum Gasteiger partial charge on any atom is 0.307 e. The molecule has 2 N–H and O–H groups in total. The predicted molar refractivity (Wildman–Crippen MR) is 92.9 cm³/mol. The molecule has 0 aliphatic heterocycles. The van der Waals surface area contributed by atoms with Gasteiger partial charge in [0.15, 0.2) is 6.10 Å². The van der Waals surface area contributed by atoms with Crippen molar-refractivity contribution in [3.63, 3.8) is 0 Å². The molecule has 130 valence electrons. The first-order chi connectivity index (χ1) is 12.0. The van der Waals surface area contributed by atoms with Crippen LogP contribution in [0.5, 0.6) is 5.75 Å². The number of aldehydes is 1. The van der Waals surface area contributed by atoms with Crippen molar-refractivity contribution >= 4 is 23.9 Å². The van der Waals surface area contributed by atoms with Crippen LogP contribution in [0, 0.1) is 0 Å². The van der Waals surface area contributed by atoms with E-state index in [0.29, 0.717) is 29.0 Å². The van der Waals surface area contributed by atoms with E-state index < -0.39 is 12.1 Å². The van der Waals surface area contributed by atoms with Gasteiger partial charge in [0.2, 0.25) is 0 Å². The van der Waals surface area contributed by atoms with Gasteiger partial charge < -0.3 is 15.2 Å². The Morgan fingerprint density at radius 1 is 1.12 bits per heavy atom. The topological polar surface area (TPSA) is 92.7 Å². The summed E-state index contributed by atoms with van der Waals surface area (Å²) < 4.78 is 5.67. The van der Waals surface area contributed by atoms with E-state index in [9.17, 15) is 14.4 Å². The molecule has 2 aromatic carbocycles. The number of amides is 1. The first-order valence-corrected chi connectivity index (χ1v) is 7.85. The third-order valence-electron chi connectivity index (χ3n) is 3.53. The SMILES string of the molecule is CCC(Oc1ccc(C=O)cc1)C(=O)Nc1ccc(CC(=O)O)cc1. The zero-order valence-corrected chi connectivity index (χ0v) is 13.8. The smallest absolute Gasteiger partial charge is 0.307 e. The quantitative estimate of drug-likeness (QED) is 0.720. The number of ether oxygens (including phenoxy) is 1. The molecule has 0 saturated heterocycles. The molecule has 1 amide bonds. The van der Waals surface area contributed by atoms with Crippen LogP contribution in [0.4, 0.5) is 5.69 Å². The highest BCUT2D eigenvalue weighted by Gasteiger charge is 2.18. The molecule has 0 bridgehead atoms. The summed E-state index contributed by atoms with van der Waals surface area (Å²) in [6.07, 6.45) is 0.465. The number of anilines is 1. The molecule has 2 aromatic rings. The van der Waals surface area contributed by atoms with Gasteiger partial charge in [-0.1, -0.05) is 19.1 Å². The second kappa shape index (κ2) is 8.63. The highest BCUT2D eigenvalue weighted by Crippen LogP contribution is 2.16. The van der Waals surface area contributed by atoms with Gasteiger partial charge in [-0.2, -0.15) is 0 Å². The maximum atomic E-state index is 12.3. The molecule has 0 radical (unpaired) electrons. The molecule has 0 aliphatic carbocycles. The zero-order valence-electron chi connectivity index (χ0n) is 13.8. The number of carboxylic acids is 1. The van der Waals surface area contributed by atoms with Crippen molar-refractivity contribution in [2.75, 3.05) is 5.32 Å². The fourth-order valence-electron chi connectivity index (χ4n) is 2.21. The summed E-state index contributed by atoms with van der Waals surface area (Å²) >= 11 is 0. The van der Waals surface area contributed by atoms with Crippen LogP contribution in [-0.4, -0.2) is 29.4 Å². The minimum atomic E-state index is -0.906. The van der Waals surface area contributed by atoms with Gasteiger partial charge in [0.05, 0.1) is 6.42 Å². The van der Waals surface area contributed by atoms with Gasteiger partial charge >= 0.3 is 5.97 Å². The van der Waals surface area contributed by atoms with Crippen molar-refractivity contribution in [3.8, 4) is 5.75 Å². The molecule has 25 heavy (non-hydrogen) atoms. The maximum absolute atomic E-state index is 12.3. The van der Waals surface area contributed by atoms with Crippen LogP contribution < -0.4 is 10.1 Å². The lowest BCUT2D eigenvalue weighted by Gasteiger charge is -2.17. The molecule has 6 nitrogen and oxygen atoms in total. The van der Waals surface area contributed by atoms with Crippen LogP contribution in [0.2, 0.25) is 0 Å². The summed E-state index contributed by atoms with van der Waals surface area (Å²) in [7, 11) is 0. The van der Waals surface area contributed by atoms with Gasteiger partial charge in [-0.3, -0.25) is 14.4 Å². The Kier molecular flexibility index (Phi) is 6.28. The summed E-state index contributed by atoms with van der Waals surface area (Å²) in [4.78, 5) is 33.7. The number of benzene rings is 2. The lowest BCUT2D eigenvalue weighted by Crippen LogP contribution is -2.32. The molecule has 1 atom stereocenters. The molecular weight excluding hydrogens is 322 g/mol. The third kappa shape index (κ3) is 5.46. The van der Waals surface area contributed by atoms with E-state index in [0.717, 1.165) is 6.29 Å². The minimum absolute atomic E-state index is 0.0638. The van der Waals surface area contributed by atoms with E-state index in [1.165, 1.54) is 0 Å². The molecule has 0 fully saturated rings. The van der Waals surface area contributed by atoms with E-state index in [-0.39, 0.29) is 12.3 Å². The number of hydrogen-bond acceptors (Lipinski definition) is 4. The van der Waals surface area contributed by atoms with Crippen molar-refractivity contribution < 1.29 is 24.2 Å². The first kappa shape index (κ1) is 18.2. The lowest BCUT2D eigenvalue weighted by atomic mass is 10.1. The van der Waals surface area contributed by atoms with Crippen LogP contribution in [0.1, 0.15) is 29.3 Å². The van der Waals surface area contributed by atoms with Gasteiger partial charge in [0, 0.05) is 11.3 Å². The Labute approximate surface area is 145 Å². The molecule has 0 spiro atoms. The van der Waals surface area contributed by atoms with Crippen LogP contribution in [0.3, 0.4) is 0 Å². The fraction of sp³-hybridized carbons (Fsp3) is 0.211. The Hall–Kier alpha value is -3.15. The Morgan fingerprint density at radius 2 is 1.76 bits per heavy atom. The summed E-state index contributed by atoms with van der Waals surface area (Å²) in [5, 5.41) is 11.5. The van der Waals surface area contributed by atoms with Crippen LogP contribution in [0.15, 0.2) is 48.5 Å². The first-order valence-electron chi connectivity index (χ1n) is 7.85. The summed E-state index contributed by atoms with van der Waals surface area (Å²) in [6, 6.07) is 13.1. The van der Waals surface area contributed by atoms with E-state index in [4.69, 9.17) is 9.84 Å². The number of carbonyl (C=O) groups excluding carboxylic acids is 2. The van der Waals surface area contributed by atoms with Gasteiger partial charge in [0.1, 0.15) is 12.0 Å². The fourth-order valence-corrected chi connectivity index (χ4v) is 2.21. The average molecular weight is 341 g/mol. The largest absolute Gasteiger partial charge is 0.481 e. The van der Waals surface area contributed by atoms with Crippen molar-refractivity contribution in [1.29, 1.82) is 0 Å². The number of rotatable bonds is 8. The summed E-state index contributed by atoms with van der Waals surface area (Å²) in [5.74, 6) is -0.700. The van der Waals surface area contributed by atoms with Crippen molar-refractivity contribution in [2.24, 2.45) is 0 Å². The monoisotopic (exact) mass is 341 g/mol. The van der Waals surface area contributed by atoms with Gasteiger partial charge in [-0.25, -0.2) is 0 Å². The van der Waals surface area contributed by atoms with E-state index in [1.807, 2.05) is 6.92 Å². The Morgan fingerprint density at radius 3 is 2.28 bits per heavy atom. The molecule has 0 aromatic heterocycles. The number of nitrogens with one attached hydrogen (secondary N) is 1. The normalized spacial score (nSPS) is 11.4. The summed E-state index contributed by atoms with van der Waals surface area (Å²) in [5.41, 5.74) is 1.76. The van der Waals surface area contributed by atoms with E-state index in [1.54, 1.807) is 48.5 Å². The average Bonchev–Trinajstić information content (AvgIpc) is 2.61. The van der Waals surface area contributed by atoms with Crippen molar-refractivity contribution in [1.82, 2.24) is 0 Å². The number of hydrogen-bond donors (Lipinski definition) is 2. The molecule has 2 rings (SSSR count). The van der Waals surface area contributed by atoms with Gasteiger partial charge in [0.25, 0.3) is 5.91 Å². The van der Waals surface area contributed by atoms with Crippen molar-refractivity contribution in [2.45, 2.75) is 25.9 Å². The van der Waals surface area contributed by atoms with Crippen LogP contribution in [-0.2, 0) is 16.0 Å². The van der Waals surface area contributed by atoms with E-state index >= 15 is 0 Å². The molecule has 0 saturated carbocycles. The lowest BCUT2D eigenvalue weighted by molar-refractivity contribution is -0.136. The van der Waals surface area contributed by atoms with Crippen molar-refractivity contribution in [3.05, 3.63) is 59.7 Å². The van der Waals surface area contributed by atoms with Crippen LogP contribution >= 0.6 is 0 Å². The second-order valence-electron chi connectivity index (χ2n) is 5.46. The molecule has 6 heteroatoms. The highest BCUT2D eigenvalue weighted by molar-refractivity contribution is 5.94. The van der Waals surface area contributed by atoms with E-state index in [2.05, 4.69) is 5.32 Å². The second-order valence-corrected chi connectivity index (χ2v) is 5.46. The molecule has 1 unspecified atom stereocenters. The molecule has 0 heterocycles. The minimum Gasteiger partial charge on any atom is -0.481 e. The van der Waals surface area contributed by atoms with Gasteiger partial charge in [-0.15, -0.1) is 0 Å². The number of aliphatic carboxylic acids is 1. The highest BCUT2D eigenvalue weighted by atomic mass is 16.5. The molecule has 0 aliphatic rings. The summed E-state index contributed by atoms with van der Waals surface area (Å²) in [6.45, 7) is 1.83. The third-order valence-corrected chi connectivity index (χ3v) is 3.53. The zero-order chi connectivity index (χ0) is 18.2. The molecular formula is C19H19NO5. The number of carboxylic acid groups (broad SMARTS) is 1. The Balaban J connectivity index is 1.98.